The van der Waals surface area contributed by atoms with Gasteiger partial charge >= 0.3 is 0 Å². The van der Waals surface area contributed by atoms with Gasteiger partial charge in [0.15, 0.2) is 6.04 Å². The molecular weight excluding hydrogens is 494 g/mol. The maximum Gasteiger partial charge on any atom is 0.251 e. The summed E-state index contributed by atoms with van der Waals surface area (Å²) in [6.07, 6.45) is 4.73. The second-order valence-electron chi connectivity index (χ2n) is 9.64. The molecule has 2 unspecified atom stereocenters. The van der Waals surface area contributed by atoms with Gasteiger partial charge in [0.2, 0.25) is 0 Å². The van der Waals surface area contributed by atoms with Crippen LogP contribution in [0.4, 0.5) is 14.6 Å². The van der Waals surface area contributed by atoms with Gasteiger partial charge in [0.25, 0.3) is 5.91 Å². The molecule has 0 bridgehead atoms. The van der Waals surface area contributed by atoms with Crippen LogP contribution in [0.3, 0.4) is 0 Å². The fourth-order valence-corrected chi connectivity index (χ4v) is 4.64. The van der Waals surface area contributed by atoms with Crippen LogP contribution in [0.25, 0.3) is 17.2 Å². The number of halogens is 2. The number of pyridine rings is 1. The van der Waals surface area contributed by atoms with Crippen molar-refractivity contribution in [2.24, 2.45) is 0 Å². The minimum Gasteiger partial charge on any atom is -0.629 e. The van der Waals surface area contributed by atoms with Crippen molar-refractivity contribution >= 4 is 17.8 Å². The summed E-state index contributed by atoms with van der Waals surface area (Å²) >= 11 is 0. The van der Waals surface area contributed by atoms with E-state index in [0.29, 0.717) is 22.3 Å². The Morgan fingerprint density at radius 2 is 1.84 bits per heavy atom. The molecule has 5 rings (SSSR count). The molecule has 1 fully saturated rings. The number of rotatable bonds is 8. The van der Waals surface area contributed by atoms with E-state index in [1.807, 2.05) is 13.0 Å². The van der Waals surface area contributed by atoms with Gasteiger partial charge in [-0.2, -0.15) is 0 Å². The molecule has 2 atom stereocenters. The lowest BCUT2D eigenvalue weighted by atomic mass is 9.88. The summed E-state index contributed by atoms with van der Waals surface area (Å²) in [5.41, 5.74) is 2.73. The number of hydrogen-bond acceptors (Lipinski definition) is 6. The molecule has 38 heavy (non-hydrogen) atoms. The number of anilines is 1. The first-order chi connectivity index (χ1) is 18.3. The molecule has 1 aromatic heterocycles. The predicted octanol–water partition coefficient (Wildman–Crippen LogP) is 2.45. The molecule has 0 saturated heterocycles. The number of aryl methyl sites for hydroxylation is 1. The largest absolute Gasteiger partial charge is 0.629 e. The smallest absolute Gasteiger partial charge is 0.251 e. The Labute approximate surface area is 218 Å². The lowest BCUT2D eigenvalue weighted by Gasteiger charge is -2.33. The quantitative estimate of drug-likeness (QED) is 0.290. The molecule has 1 amide bonds. The van der Waals surface area contributed by atoms with Crippen LogP contribution in [0.2, 0.25) is 0 Å². The zero-order valence-electron chi connectivity index (χ0n) is 20.7. The monoisotopic (exact) mass is 522 g/mol. The highest BCUT2D eigenvalue weighted by atomic mass is 19.1. The van der Waals surface area contributed by atoms with E-state index in [0.717, 1.165) is 30.5 Å². The number of aliphatic hydroxyl groups excluding tert-OH is 2. The molecule has 1 aliphatic heterocycles. The first-order valence-electron chi connectivity index (χ1n) is 12.4. The first-order valence-corrected chi connectivity index (χ1v) is 12.4. The second kappa shape index (κ2) is 10.6. The molecule has 2 heterocycles. The third-order valence-corrected chi connectivity index (χ3v) is 6.84. The molecular formula is C28H28F2N4O4. The summed E-state index contributed by atoms with van der Waals surface area (Å²) < 4.78 is 29.8. The zero-order chi connectivity index (χ0) is 27.0. The van der Waals surface area contributed by atoms with E-state index in [-0.39, 0.29) is 23.5 Å². The number of fused-ring (bicyclic) bond motifs is 1. The summed E-state index contributed by atoms with van der Waals surface area (Å²) in [6.45, 7) is 1.07. The molecule has 1 aliphatic carbocycles. The van der Waals surface area contributed by atoms with E-state index in [9.17, 15) is 29.0 Å². The number of aromatic nitrogens is 1. The van der Waals surface area contributed by atoms with Crippen LogP contribution in [0.15, 0.2) is 48.7 Å². The number of carbonyl (C=O) groups is 1. The van der Waals surface area contributed by atoms with Gasteiger partial charge in [-0.1, -0.05) is 12.1 Å². The molecule has 0 spiro atoms. The summed E-state index contributed by atoms with van der Waals surface area (Å²) in [7, 11) is 0. The predicted molar refractivity (Wildman–Crippen MR) is 138 cm³/mol. The fourth-order valence-electron chi connectivity index (χ4n) is 4.64. The van der Waals surface area contributed by atoms with Crippen molar-refractivity contribution in [2.75, 3.05) is 18.5 Å². The van der Waals surface area contributed by atoms with Crippen molar-refractivity contribution in [1.82, 2.24) is 10.3 Å². The third kappa shape index (κ3) is 5.03. The average molecular weight is 523 g/mol. The Kier molecular flexibility index (Phi) is 7.22. The van der Waals surface area contributed by atoms with Crippen LogP contribution in [0.1, 0.15) is 51.6 Å². The number of hydrogen-bond donors (Lipinski definition) is 5. The van der Waals surface area contributed by atoms with Crippen LogP contribution in [0, 0.1) is 23.8 Å². The van der Waals surface area contributed by atoms with Crippen LogP contribution in [-0.2, 0) is 0 Å². The third-order valence-electron chi connectivity index (χ3n) is 6.84. The molecule has 2 aliphatic rings. The average Bonchev–Trinajstić information content (AvgIpc) is 3.72. The van der Waals surface area contributed by atoms with Crippen molar-refractivity contribution < 1.29 is 28.9 Å². The van der Waals surface area contributed by atoms with Crippen LogP contribution in [0.5, 0.6) is 0 Å². The zero-order valence-corrected chi connectivity index (χ0v) is 20.7. The minimum absolute atomic E-state index is 0.128. The SMILES string of the molecule is Cc1ccc(C(=O)NC2CC2)cc1-c1cc(NC(CO)CO)nc2c1C=C[NH+]([O-])C2c1c(F)cccc1F. The van der Waals surface area contributed by atoms with Gasteiger partial charge in [-0.25, -0.2) is 13.8 Å². The van der Waals surface area contributed by atoms with Gasteiger partial charge in [-0.3, -0.25) is 4.79 Å². The van der Waals surface area contributed by atoms with Gasteiger partial charge in [0.1, 0.15) is 23.1 Å². The number of benzene rings is 2. The van der Waals surface area contributed by atoms with E-state index in [1.54, 1.807) is 24.3 Å². The number of aliphatic hydroxyl groups is 2. The highest BCUT2D eigenvalue weighted by molar-refractivity contribution is 5.96. The highest BCUT2D eigenvalue weighted by Gasteiger charge is 2.34. The summed E-state index contributed by atoms with van der Waals surface area (Å²) in [4.78, 5) is 17.3. The molecule has 0 radical (unpaired) electrons. The van der Waals surface area contributed by atoms with Gasteiger partial charge in [0, 0.05) is 23.2 Å². The van der Waals surface area contributed by atoms with Crippen molar-refractivity contribution in [3.63, 3.8) is 0 Å². The molecule has 10 heteroatoms. The van der Waals surface area contributed by atoms with Crippen LogP contribution < -0.4 is 15.7 Å². The van der Waals surface area contributed by atoms with Gasteiger partial charge in [-0.05, 0) is 66.8 Å². The van der Waals surface area contributed by atoms with E-state index in [4.69, 9.17) is 0 Å². The number of nitrogens with one attached hydrogen (secondary N) is 3. The van der Waals surface area contributed by atoms with Crippen molar-refractivity contribution in [2.45, 2.75) is 37.9 Å². The van der Waals surface area contributed by atoms with E-state index in [1.165, 1.54) is 12.3 Å². The fraction of sp³-hybridized carbons (Fsp3) is 0.286. The molecule has 1 saturated carbocycles. The van der Waals surface area contributed by atoms with Crippen LogP contribution >= 0.6 is 0 Å². The molecule has 3 aromatic rings. The number of carbonyl (C=O) groups excluding carboxylic acids is 1. The molecule has 2 aromatic carbocycles. The second-order valence-corrected chi connectivity index (χ2v) is 9.64. The molecule has 8 nitrogen and oxygen atoms in total. The molecule has 5 N–H and O–H groups in total. The number of hydroxylamine groups is 2. The van der Waals surface area contributed by atoms with Crippen molar-refractivity contribution in [1.29, 1.82) is 0 Å². The number of nitrogens with zero attached hydrogens (tertiary/aromatic N) is 1. The maximum absolute atomic E-state index is 14.9. The molecule has 198 valence electrons. The standard InChI is InChI=1S/C28H28F2N4O4/c1-15-5-6-16(28(37)32-17-7-8-17)11-20(15)21-12-24(31-18(13-35)14-36)33-26-19(21)9-10-34(38)27(26)25-22(29)3-2-4-23(25)30/h2-6,9-12,17-18,27,34-36H,7-8,13-14H2,1H3,(H,31,33)(H,32,37). The Hall–Kier alpha value is -3.70. The van der Waals surface area contributed by atoms with Crippen LogP contribution in [-0.4, -0.2) is 46.4 Å². The van der Waals surface area contributed by atoms with E-state index >= 15 is 0 Å². The number of amides is 1. The minimum atomic E-state index is -1.35. The maximum atomic E-state index is 14.9. The Balaban J connectivity index is 1.70. The van der Waals surface area contributed by atoms with Crippen molar-refractivity contribution in [3.8, 4) is 11.1 Å². The topological polar surface area (TPSA) is 122 Å². The Bertz CT molecular complexity index is 1390. The summed E-state index contributed by atoms with van der Waals surface area (Å²) in [6, 6.07) is 8.44. The van der Waals surface area contributed by atoms with Crippen molar-refractivity contribution in [3.05, 3.63) is 93.5 Å². The van der Waals surface area contributed by atoms with Gasteiger partial charge < -0.3 is 31.1 Å². The van der Waals surface area contributed by atoms with Gasteiger partial charge in [0.05, 0.1) is 31.0 Å². The summed E-state index contributed by atoms with van der Waals surface area (Å²) in [5.74, 6) is -1.74. The Morgan fingerprint density at radius 1 is 1.13 bits per heavy atom. The number of quaternary nitrogens is 1. The van der Waals surface area contributed by atoms with E-state index in [2.05, 4.69) is 15.6 Å². The highest BCUT2D eigenvalue weighted by Crippen LogP contribution is 2.38. The van der Waals surface area contributed by atoms with E-state index < -0.39 is 47.6 Å². The lowest BCUT2D eigenvalue weighted by molar-refractivity contribution is -0.821. The van der Waals surface area contributed by atoms with Gasteiger partial charge in [-0.15, -0.1) is 0 Å². The normalized spacial score (nSPS) is 18.4. The first kappa shape index (κ1) is 25.9. The Morgan fingerprint density at radius 3 is 2.50 bits per heavy atom. The summed E-state index contributed by atoms with van der Waals surface area (Å²) in [5, 5.41) is 37.7. The lowest BCUT2D eigenvalue weighted by Crippen LogP contribution is -3.03.